The average Bonchev–Trinajstić information content (AvgIpc) is 2.85. The molecule has 1 aliphatic heterocycles. The number of nitrogens with zero attached hydrogens (tertiary/aromatic N) is 1. The average molecular weight is 240 g/mol. The normalized spacial score (nSPS) is 19.8. The second kappa shape index (κ2) is 6.35. The van der Waals surface area contributed by atoms with Crippen molar-refractivity contribution in [2.75, 3.05) is 39.9 Å². The van der Waals surface area contributed by atoms with E-state index in [0.717, 1.165) is 32.8 Å². The fraction of sp³-hybridized carbons (Fsp3) is 0.667. The van der Waals surface area contributed by atoms with Crippen LogP contribution in [0.1, 0.15) is 17.3 Å². The van der Waals surface area contributed by atoms with Gasteiger partial charge in [0.2, 0.25) is 0 Å². The molecule has 1 fully saturated rings. The molecular formula is C12H20N2OS. The van der Waals surface area contributed by atoms with Crippen molar-refractivity contribution in [1.29, 1.82) is 0 Å². The molecule has 1 aromatic heterocycles. The lowest BCUT2D eigenvalue weighted by Gasteiger charge is -2.34. The van der Waals surface area contributed by atoms with E-state index in [1.807, 2.05) is 18.4 Å². The molecule has 0 bridgehead atoms. The Kier molecular flexibility index (Phi) is 4.78. The fourth-order valence-electron chi connectivity index (χ4n) is 2.16. The number of nitrogens with one attached hydrogen (secondary N) is 1. The number of rotatable bonds is 5. The number of hydrogen-bond donors (Lipinski definition) is 1. The first-order valence-electron chi connectivity index (χ1n) is 5.91. The van der Waals surface area contributed by atoms with Crippen LogP contribution in [0.25, 0.3) is 0 Å². The van der Waals surface area contributed by atoms with Crippen molar-refractivity contribution in [1.82, 2.24) is 10.2 Å². The summed E-state index contributed by atoms with van der Waals surface area (Å²) >= 11 is 1.86. The van der Waals surface area contributed by atoms with Crippen LogP contribution in [0.2, 0.25) is 0 Å². The first-order chi connectivity index (χ1) is 7.92. The van der Waals surface area contributed by atoms with Gasteiger partial charge in [-0.15, -0.1) is 11.3 Å². The van der Waals surface area contributed by atoms with Crippen LogP contribution in [-0.2, 0) is 4.74 Å². The Hall–Kier alpha value is -0.420. The predicted molar refractivity (Wildman–Crippen MR) is 68.0 cm³/mol. The second-order valence-corrected chi connectivity index (χ2v) is 5.05. The Bertz CT molecular complexity index is 283. The Morgan fingerprint density at radius 2 is 2.31 bits per heavy atom. The highest BCUT2D eigenvalue weighted by Gasteiger charge is 2.22. The van der Waals surface area contributed by atoms with Gasteiger partial charge in [-0.25, -0.2) is 0 Å². The van der Waals surface area contributed by atoms with Crippen LogP contribution in [0, 0.1) is 0 Å². The summed E-state index contributed by atoms with van der Waals surface area (Å²) in [5.74, 6) is 0. The summed E-state index contributed by atoms with van der Waals surface area (Å²) in [7, 11) is 2.02. The molecule has 2 rings (SSSR count). The minimum Gasteiger partial charge on any atom is -0.379 e. The standard InChI is InChI=1S/C12H20N2OS/c1-13-5-4-11(12-3-2-10-16-12)14-6-8-15-9-7-14/h2-3,10-11,13H,4-9H2,1H3. The molecule has 90 valence electrons. The Labute approximate surface area is 101 Å². The van der Waals surface area contributed by atoms with E-state index < -0.39 is 0 Å². The number of morpholine rings is 1. The van der Waals surface area contributed by atoms with E-state index in [4.69, 9.17) is 4.74 Å². The van der Waals surface area contributed by atoms with Gasteiger partial charge in [0.15, 0.2) is 0 Å². The van der Waals surface area contributed by atoms with Crippen LogP contribution >= 0.6 is 11.3 Å². The third-order valence-corrected chi connectivity index (χ3v) is 4.00. The van der Waals surface area contributed by atoms with E-state index in [1.54, 1.807) is 0 Å². The molecule has 0 amide bonds. The lowest BCUT2D eigenvalue weighted by Crippen LogP contribution is -2.39. The molecule has 1 saturated heterocycles. The molecule has 0 aromatic carbocycles. The Morgan fingerprint density at radius 3 is 2.94 bits per heavy atom. The van der Waals surface area contributed by atoms with Gasteiger partial charge >= 0.3 is 0 Å². The topological polar surface area (TPSA) is 24.5 Å². The maximum absolute atomic E-state index is 5.42. The van der Waals surface area contributed by atoms with Crippen molar-refractivity contribution in [3.63, 3.8) is 0 Å². The van der Waals surface area contributed by atoms with Gasteiger partial charge in [-0.2, -0.15) is 0 Å². The van der Waals surface area contributed by atoms with Crippen molar-refractivity contribution in [3.05, 3.63) is 22.4 Å². The van der Waals surface area contributed by atoms with Gasteiger partial charge in [0, 0.05) is 24.0 Å². The van der Waals surface area contributed by atoms with E-state index >= 15 is 0 Å². The van der Waals surface area contributed by atoms with Crippen LogP contribution in [-0.4, -0.2) is 44.8 Å². The van der Waals surface area contributed by atoms with Crippen molar-refractivity contribution in [2.45, 2.75) is 12.5 Å². The minimum absolute atomic E-state index is 0.566. The van der Waals surface area contributed by atoms with E-state index in [-0.39, 0.29) is 0 Å². The van der Waals surface area contributed by atoms with Crippen LogP contribution in [0.5, 0.6) is 0 Å². The Balaban J connectivity index is 2.01. The van der Waals surface area contributed by atoms with Gasteiger partial charge in [0.1, 0.15) is 0 Å². The number of ether oxygens (including phenoxy) is 1. The third-order valence-electron chi connectivity index (χ3n) is 3.03. The summed E-state index contributed by atoms with van der Waals surface area (Å²) in [6.45, 7) is 4.95. The molecule has 3 nitrogen and oxygen atoms in total. The zero-order valence-electron chi connectivity index (χ0n) is 9.82. The molecule has 1 atom stereocenters. The smallest absolute Gasteiger partial charge is 0.0594 e. The van der Waals surface area contributed by atoms with Gasteiger partial charge in [-0.1, -0.05) is 6.07 Å². The van der Waals surface area contributed by atoms with Crippen molar-refractivity contribution < 1.29 is 4.74 Å². The van der Waals surface area contributed by atoms with Gasteiger partial charge in [0.05, 0.1) is 13.2 Å². The van der Waals surface area contributed by atoms with E-state index in [1.165, 1.54) is 11.3 Å². The summed E-state index contributed by atoms with van der Waals surface area (Å²) < 4.78 is 5.42. The summed E-state index contributed by atoms with van der Waals surface area (Å²) in [6.07, 6.45) is 1.18. The van der Waals surface area contributed by atoms with Crippen LogP contribution in [0.3, 0.4) is 0 Å². The monoisotopic (exact) mass is 240 g/mol. The Morgan fingerprint density at radius 1 is 1.50 bits per heavy atom. The first kappa shape index (κ1) is 12.0. The molecule has 1 unspecified atom stereocenters. The van der Waals surface area contributed by atoms with Crippen molar-refractivity contribution in [2.24, 2.45) is 0 Å². The van der Waals surface area contributed by atoms with Gasteiger partial charge in [0.25, 0.3) is 0 Å². The summed E-state index contributed by atoms with van der Waals surface area (Å²) in [4.78, 5) is 4.03. The lowest BCUT2D eigenvalue weighted by molar-refractivity contribution is 0.0151. The van der Waals surface area contributed by atoms with Crippen molar-refractivity contribution in [3.8, 4) is 0 Å². The molecular weight excluding hydrogens is 220 g/mol. The van der Waals surface area contributed by atoms with Crippen molar-refractivity contribution >= 4 is 11.3 Å². The third kappa shape index (κ3) is 3.04. The molecule has 2 heterocycles. The summed E-state index contributed by atoms with van der Waals surface area (Å²) in [5, 5.41) is 5.41. The fourth-order valence-corrected chi connectivity index (χ4v) is 3.05. The molecule has 0 spiro atoms. The lowest BCUT2D eigenvalue weighted by atomic mass is 10.1. The summed E-state index contributed by atoms with van der Waals surface area (Å²) in [6, 6.07) is 4.96. The molecule has 0 radical (unpaired) electrons. The summed E-state index contributed by atoms with van der Waals surface area (Å²) in [5.41, 5.74) is 0. The quantitative estimate of drug-likeness (QED) is 0.848. The van der Waals surface area contributed by atoms with E-state index in [2.05, 4.69) is 27.7 Å². The molecule has 1 aromatic rings. The number of thiophene rings is 1. The van der Waals surface area contributed by atoms with Gasteiger partial charge < -0.3 is 10.1 Å². The van der Waals surface area contributed by atoms with E-state index in [0.29, 0.717) is 6.04 Å². The zero-order chi connectivity index (χ0) is 11.2. The zero-order valence-corrected chi connectivity index (χ0v) is 10.6. The van der Waals surface area contributed by atoms with Gasteiger partial charge in [-0.05, 0) is 31.5 Å². The highest BCUT2D eigenvalue weighted by atomic mass is 32.1. The largest absolute Gasteiger partial charge is 0.379 e. The minimum atomic E-state index is 0.566. The van der Waals surface area contributed by atoms with Crippen LogP contribution in [0.4, 0.5) is 0 Å². The molecule has 0 saturated carbocycles. The highest BCUT2D eigenvalue weighted by Crippen LogP contribution is 2.28. The predicted octanol–water partition coefficient (Wildman–Crippen LogP) is 1.73. The molecule has 16 heavy (non-hydrogen) atoms. The van der Waals surface area contributed by atoms with E-state index in [9.17, 15) is 0 Å². The SMILES string of the molecule is CNCCC(c1cccs1)N1CCOCC1. The van der Waals surface area contributed by atoms with Crippen LogP contribution < -0.4 is 5.32 Å². The molecule has 0 aliphatic carbocycles. The highest BCUT2D eigenvalue weighted by molar-refractivity contribution is 7.10. The maximum atomic E-state index is 5.42. The second-order valence-electron chi connectivity index (χ2n) is 4.07. The van der Waals surface area contributed by atoms with Crippen LogP contribution in [0.15, 0.2) is 17.5 Å². The molecule has 4 heteroatoms. The van der Waals surface area contributed by atoms with Gasteiger partial charge in [-0.3, -0.25) is 4.90 Å². The number of hydrogen-bond acceptors (Lipinski definition) is 4. The first-order valence-corrected chi connectivity index (χ1v) is 6.79. The molecule has 1 N–H and O–H groups in total. The maximum Gasteiger partial charge on any atom is 0.0594 e. The molecule has 1 aliphatic rings.